The number of hydrogen-bond acceptors (Lipinski definition) is 3. The van der Waals surface area contributed by atoms with Crippen LogP contribution in [0.25, 0.3) is 0 Å². The summed E-state index contributed by atoms with van der Waals surface area (Å²) in [7, 11) is 1.66. The van der Waals surface area contributed by atoms with Gasteiger partial charge in [-0.3, -0.25) is 9.79 Å². The molecule has 3 rings (SSSR count). The number of aliphatic imine (C=N–C) groups is 1. The zero-order valence-electron chi connectivity index (χ0n) is 15.9. The lowest BCUT2D eigenvalue weighted by atomic mass is 10.2. The van der Waals surface area contributed by atoms with E-state index in [-0.39, 0.29) is 17.8 Å². The van der Waals surface area contributed by atoms with Crippen LogP contribution in [0.15, 0.2) is 53.5 Å². The molecule has 2 aromatic carbocycles. The van der Waals surface area contributed by atoms with E-state index in [0.717, 1.165) is 24.1 Å². The molecule has 1 saturated heterocycles. The highest BCUT2D eigenvalue weighted by molar-refractivity contribution is 5.94. The number of hydrogen-bond donors (Lipinski definition) is 3. The van der Waals surface area contributed by atoms with Gasteiger partial charge in [0.1, 0.15) is 11.9 Å². The fourth-order valence-corrected chi connectivity index (χ4v) is 2.99. The predicted molar refractivity (Wildman–Crippen MR) is 107 cm³/mol. The molecule has 0 aliphatic carbocycles. The molecule has 0 spiro atoms. The topological polar surface area (TPSA) is 74.8 Å². The van der Waals surface area contributed by atoms with Crippen molar-refractivity contribution in [3.63, 3.8) is 0 Å². The van der Waals surface area contributed by atoms with Crippen LogP contribution in [0.5, 0.6) is 0 Å². The number of benzene rings is 2. The third-order valence-corrected chi connectivity index (χ3v) is 4.50. The molecular formula is C21H25FN4O2. The molecule has 7 heteroatoms. The first-order valence-electron chi connectivity index (χ1n) is 9.35. The van der Waals surface area contributed by atoms with Crippen LogP contribution >= 0.6 is 0 Å². The van der Waals surface area contributed by atoms with Gasteiger partial charge in [-0.2, -0.15) is 0 Å². The molecule has 3 N–H and O–H groups in total. The van der Waals surface area contributed by atoms with E-state index in [9.17, 15) is 9.18 Å². The van der Waals surface area contributed by atoms with E-state index < -0.39 is 0 Å². The molecule has 0 radical (unpaired) electrons. The summed E-state index contributed by atoms with van der Waals surface area (Å²) in [6, 6.07) is 14.2. The molecule has 1 fully saturated rings. The van der Waals surface area contributed by atoms with Gasteiger partial charge in [-0.15, -0.1) is 0 Å². The van der Waals surface area contributed by atoms with E-state index in [1.54, 1.807) is 25.2 Å². The minimum absolute atomic E-state index is 0.107. The lowest BCUT2D eigenvalue weighted by Gasteiger charge is -2.14. The molecule has 28 heavy (non-hydrogen) atoms. The number of anilines is 1. The van der Waals surface area contributed by atoms with Gasteiger partial charge in [0, 0.05) is 38.0 Å². The number of guanidine groups is 1. The molecule has 0 aromatic heterocycles. The zero-order valence-corrected chi connectivity index (χ0v) is 15.9. The standard InChI is InChI=1S/C21H25FN4O2/c1-23-21(25-14-16-7-2-3-9-18(16)22)24-13-15-6-4-8-17(12-15)26-20(27)19-10-5-11-28-19/h2-4,6-9,12,19H,5,10-11,13-14H2,1H3,(H,26,27)(H2,23,24,25). The Balaban J connectivity index is 1.51. The van der Waals surface area contributed by atoms with E-state index >= 15 is 0 Å². The average Bonchev–Trinajstić information content (AvgIpc) is 3.25. The van der Waals surface area contributed by atoms with Gasteiger partial charge in [0.05, 0.1) is 0 Å². The lowest BCUT2D eigenvalue weighted by Crippen LogP contribution is -2.36. The Morgan fingerprint density at radius 2 is 2.00 bits per heavy atom. The highest BCUT2D eigenvalue weighted by atomic mass is 19.1. The van der Waals surface area contributed by atoms with Crippen LogP contribution in [-0.4, -0.2) is 31.6 Å². The summed E-state index contributed by atoms with van der Waals surface area (Å²) in [6.45, 7) is 1.49. The van der Waals surface area contributed by atoms with Crippen LogP contribution < -0.4 is 16.0 Å². The molecule has 1 heterocycles. The van der Waals surface area contributed by atoms with Crippen molar-refractivity contribution in [3.8, 4) is 0 Å². The van der Waals surface area contributed by atoms with E-state index in [0.29, 0.717) is 31.2 Å². The molecule has 0 bridgehead atoms. The summed E-state index contributed by atoms with van der Waals surface area (Å²) in [5, 5.41) is 9.18. The number of carbonyl (C=O) groups excluding carboxylic acids is 1. The minimum Gasteiger partial charge on any atom is -0.368 e. The Morgan fingerprint density at radius 3 is 2.75 bits per heavy atom. The summed E-state index contributed by atoms with van der Waals surface area (Å²) in [4.78, 5) is 16.3. The molecule has 1 aliphatic rings. The van der Waals surface area contributed by atoms with Gasteiger partial charge in [0.25, 0.3) is 5.91 Å². The van der Waals surface area contributed by atoms with Gasteiger partial charge in [-0.05, 0) is 36.6 Å². The van der Waals surface area contributed by atoms with E-state index in [2.05, 4.69) is 20.9 Å². The van der Waals surface area contributed by atoms with Crippen LogP contribution in [-0.2, 0) is 22.6 Å². The van der Waals surface area contributed by atoms with Crippen molar-refractivity contribution in [1.29, 1.82) is 0 Å². The molecule has 1 atom stereocenters. The highest BCUT2D eigenvalue weighted by Gasteiger charge is 2.23. The average molecular weight is 384 g/mol. The van der Waals surface area contributed by atoms with E-state index in [1.807, 2.05) is 24.3 Å². The summed E-state index contributed by atoms with van der Waals surface area (Å²) in [5.74, 6) is 0.210. The van der Waals surface area contributed by atoms with Crippen molar-refractivity contribution in [2.45, 2.75) is 32.0 Å². The van der Waals surface area contributed by atoms with Crippen LogP contribution in [0.2, 0.25) is 0 Å². The Hall–Kier alpha value is -2.93. The Bertz CT molecular complexity index is 835. The normalized spacial score (nSPS) is 16.6. The maximum Gasteiger partial charge on any atom is 0.253 e. The maximum atomic E-state index is 13.7. The lowest BCUT2D eigenvalue weighted by molar-refractivity contribution is -0.124. The predicted octanol–water partition coefficient (Wildman–Crippen LogP) is 2.81. The maximum absolute atomic E-state index is 13.7. The van der Waals surface area contributed by atoms with Crippen molar-refractivity contribution in [3.05, 3.63) is 65.5 Å². The quantitative estimate of drug-likeness (QED) is 0.529. The third kappa shape index (κ3) is 5.53. The Labute approximate surface area is 164 Å². The summed E-state index contributed by atoms with van der Waals surface area (Å²) in [6.07, 6.45) is 1.32. The first-order valence-corrected chi connectivity index (χ1v) is 9.35. The molecule has 1 amide bonds. The van der Waals surface area contributed by atoms with Gasteiger partial charge < -0.3 is 20.7 Å². The molecule has 148 valence electrons. The number of halogens is 1. The van der Waals surface area contributed by atoms with Gasteiger partial charge in [-0.25, -0.2) is 4.39 Å². The van der Waals surface area contributed by atoms with Crippen molar-refractivity contribution in [2.75, 3.05) is 19.0 Å². The van der Waals surface area contributed by atoms with Crippen molar-refractivity contribution in [2.24, 2.45) is 4.99 Å². The van der Waals surface area contributed by atoms with Crippen molar-refractivity contribution >= 4 is 17.6 Å². The van der Waals surface area contributed by atoms with Crippen molar-refractivity contribution in [1.82, 2.24) is 10.6 Å². The number of rotatable bonds is 6. The fraction of sp³-hybridized carbons (Fsp3) is 0.333. The Kier molecular flexibility index (Phi) is 6.97. The van der Waals surface area contributed by atoms with Gasteiger partial charge in [-0.1, -0.05) is 30.3 Å². The summed E-state index contributed by atoms with van der Waals surface area (Å²) in [5.41, 5.74) is 2.29. The number of carbonyl (C=O) groups is 1. The van der Waals surface area contributed by atoms with Gasteiger partial charge in [0.2, 0.25) is 0 Å². The van der Waals surface area contributed by atoms with Gasteiger partial charge in [0.15, 0.2) is 5.96 Å². The molecule has 1 aliphatic heterocycles. The first-order chi connectivity index (χ1) is 13.7. The van der Waals surface area contributed by atoms with Crippen molar-refractivity contribution < 1.29 is 13.9 Å². The van der Waals surface area contributed by atoms with Gasteiger partial charge >= 0.3 is 0 Å². The molecule has 1 unspecified atom stereocenters. The number of ether oxygens (including phenoxy) is 1. The third-order valence-electron chi connectivity index (χ3n) is 4.50. The SMILES string of the molecule is CN=C(NCc1cccc(NC(=O)C2CCCO2)c1)NCc1ccccc1F. The highest BCUT2D eigenvalue weighted by Crippen LogP contribution is 2.16. The Morgan fingerprint density at radius 1 is 1.18 bits per heavy atom. The summed E-state index contributed by atoms with van der Waals surface area (Å²) >= 11 is 0. The smallest absolute Gasteiger partial charge is 0.253 e. The van der Waals surface area contributed by atoms with E-state index in [1.165, 1.54) is 6.07 Å². The van der Waals surface area contributed by atoms with Crippen LogP contribution in [0.1, 0.15) is 24.0 Å². The second-order valence-corrected chi connectivity index (χ2v) is 6.56. The number of nitrogens with zero attached hydrogens (tertiary/aromatic N) is 1. The monoisotopic (exact) mass is 384 g/mol. The summed E-state index contributed by atoms with van der Waals surface area (Å²) < 4.78 is 19.1. The van der Waals surface area contributed by atoms with Crippen LogP contribution in [0.3, 0.4) is 0 Å². The number of amides is 1. The molecule has 2 aromatic rings. The molecule has 0 saturated carbocycles. The largest absolute Gasteiger partial charge is 0.368 e. The second kappa shape index (κ2) is 9.85. The molecular weight excluding hydrogens is 359 g/mol. The number of nitrogens with one attached hydrogen (secondary N) is 3. The second-order valence-electron chi connectivity index (χ2n) is 6.56. The van der Waals surface area contributed by atoms with Crippen LogP contribution in [0, 0.1) is 5.82 Å². The minimum atomic E-state index is -0.358. The zero-order chi connectivity index (χ0) is 19.8. The fourth-order valence-electron chi connectivity index (χ4n) is 2.99. The first kappa shape index (κ1) is 19.8. The van der Waals surface area contributed by atoms with Crippen LogP contribution in [0.4, 0.5) is 10.1 Å². The van der Waals surface area contributed by atoms with E-state index in [4.69, 9.17) is 4.74 Å². The molecule has 6 nitrogen and oxygen atoms in total.